The van der Waals surface area contributed by atoms with Gasteiger partial charge in [-0.05, 0) is 38.5 Å². The minimum Gasteiger partial charge on any atom is -0.457 e. The van der Waals surface area contributed by atoms with Crippen molar-refractivity contribution in [2.75, 3.05) is 33.0 Å². The molecule has 2 atom stereocenters. The number of carbonyl (C=O) groups is 1. The van der Waals surface area contributed by atoms with Gasteiger partial charge in [0.25, 0.3) is 0 Å². The minimum absolute atomic E-state index is 0.0742. The van der Waals surface area contributed by atoms with E-state index in [1.807, 2.05) is 12.2 Å². The first-order chi connectivity index (χ1) is 20.4. The molecular weight excluding hydrogens is 553 g/mol. The molecule has 0 amide bonds. The fourth-order valence-corrected chi connectivity index (χ4v) is 4.48. The quantitative estimate of drug-likeness (QED) is 0.0375. The monoisotopic (exact) mass is 611 g/mol. The van der Waals surface area contributed by atoms with Crippen LogP contribution in [0.5, 0.6) is 0 Å². The van der Waals surface area contributed by atoms with Crippen LogP contribution >= 0.6 is 7.82 Å². The average molecular weight is 612 g/mol. The third-order valence-corrected chi connectivity index (χ3v) is 6.97. The van der Waals surface area contributed by atoms with Crippen molar-refractivity contribution in [3.05, 3.63) is 60.8 Å². The first-order valence-corrected chi connectivity index (χ1v) is 17.3. The summed E-state index contributed by atoms with van der Waals surface area (Å²) in [5.74, 6) is -0.462. The van der Waals surface area contributed by atoms with Gasteiger partial charge < -0.3 is 20.1 Å². The van der Waals surface area contributed by atoms with Crippen LogP contribution in [0, 0.1) is 0 Å². The number of carbonyl (C=O) groups excluding carboxylic acids is 1. The summed E-state index contributed by atoms with van der Waals surface area (Å²) in [5.41, 5.74) is 5.31. The Kier molecular flexibility index (Phi) is 29.3. The molecule has 0 bridgehead atoms. The number of unbranched alkanes of at least 4 members (excludes halogenated alkanes) is 7. The van der Waals surface area contributed by atoms with E-state index < -0.39 is 19.9 Å². The van der Waals surface area contributed by atoms with Gasteiger partial charge >= 0.3 is 13.8 Å². The molecule has 0 spiro atoms. The summed E-state index contributed by atoms with van der Waals surface area (Å²) in [4.78, 5) is 22.1. The van der Waals surface area contributed by atoms with Crippen LogP contribution in [-0.4, -0.2) is 49.9 Å². The van der Waals surface area contributed by atoms with Crippen molar-refractivity contribution in [1.82, 2.24) is 0 Å². The Morgan fingerprint density at radius 1 is 0.714 bits per heavy atom. The first-order valence-electron chi connectivity index (χ1n) is 15.8. The van der Waals surface area contributed by atoms with Crippen molar-refractivity contribution >= 4 is 13.8 Å². The fourth-order valence-electron chi connectivity index (χ4n) is 3.72. The number of hydrogen-bond donors (Lipinski definition) is 2. The Labute approximate surface area is 255 Å². The van der Waals surface area contributed by atoms with Crippen molar-refractivity contribution in [2.45, 2.75) is 110 Å². The van der Waals surface area contributed by atoms with Gasteiger partial charge in [-0.15, -0.1) is 0 Å². The van der Waals surface area contributed by atoms with Gasteiger partial charge in [0.05, 0.1) is 26.2 Å². The number of ether oxygens (including phenoxy) is 2. The minimum atomic E-state index is -4.28. The van der Waals surface area contributed by atoms with Crippen LogP contribution < -0.4 is 5.73 Å². The smallest absolute Gasteiger partial charge is 0.457 e. The van der Waals surface area contributed by atoms with Crippen LogP contribution in [0.15, 0.2) is 60.8 Å². The van der Waals surface area contributed by atoms with Gasteiger partial charge in [0.2, 0.25) is 0 Å². The molecule has 0 aliphatic rings. The van der Waals surface area contributed by atoms with Crippen LogP contribution in [0.3, 0.4) is 0 Å². The zero-order valence-electron chi connectivity index (χ0n) is 26.2. The largest absolute Gasteiger partial charge is 0.472 e. The predicted octanol–water partition coefficient (Wildman–Crippen LogP) is 8.29. The van der Waals surface area contributed by atoms with Crippen LogP contribution in [0.2, 0.25) is 0 Å². The summed E-state index contributed by atoms with van der Waals surface area (Å²) in [6, 6.07) is 0. The molecule has 42 heavy (non-hydrogen) atoms. The van der Waals surface area contributed by atoms with Gasteiger partial charge in [0.1, 0.15) is 6.10 Å². The molecule has 0 saturated carbocycles. The molecule has 0 aliphatic carbocycles. The summed E-state index contributed by atoms with van der Waals surface area (Å²) < 4.78 is 32.9. The topological polar surface area (TPSA) is 117 Å². The number of allylic oxidation sites excluding steroid dienone is 9. The summed E-state index contributed by atoms with van der Waals surface area (Å²) in [7, 11) is -4.28. The average Bonchev–Trinajstić information content (AvgIpc) is 2.97. The standard InChI is InChI=1S/C33H58NO7P/c1-3-5-7-9-11-13-14-15-16-17-18-19-20-22-24-26-33(35)41-32(31-40-42(36,37)39-29-27-34)30-38-28-25-23-21-12-10-8-6-4-2/h5,7,11,13,15-16,18-19,22,24,32H,3-4,6,8-10,12,14,17,20-21,23,25-31,34H2,1-2H3,(H,36,37)/b7-5-,13-11-,16-15-,19-18-,24-22-. The molecule has 3 N–H and O–H groups in total. The molecule has 0 aliphatic heterocycles. The number of phosphoric acid groups is 1. The number of esters is 1. The Balaban J connectivity index is 4.36. The molecular formula is C33H58NO7P. The molecule has 0 aromatic rings. The predicted molar refractivity (Wildman–Crippen MR) is 173 cm³/mol. The zero-order valence-corrected chi connectivity index (χ0v) is 27.1. The SMILES string of the molecule is CC/C=C\C/C=C\C/C=C\C/C=C\C/C=C\CC(=O)OC(COCCCCCCCCCC)COP(=O)(O)OCCN. The highest BCUT2D eigenvalue weighted by atomic mass is 31.2. The highest BCUT2D eigenvalue weighted by Crippen LogP contribution is 2.43. The lowest BCUT2D eigenvalue weighted by atomic mass is 10.1. The van der Waals surface area contributed by atoms with Gasteiger partial charge in [-0.3, -0.25) is 13.8 Å². The number of nitrogens with two attached hydrogens (primary N) is 1. The number of phosphoric ester groups is 1. The first kappa shape index (κ1) is 40.2. The molecule has 2 unspecified atom stereocenters. The maximum absolute atomic E-state index is 12.4. The van der Waals surface area contributed by atoms with Crippen molar-refractivity contribution in [3.8, 4) is 0 Å². The van der Waals surface area contributed by atoms with Gasteiger partial charge in [-0.25, -0.2) is 4.57 Å². The van der Waals surface area contributed by atoms with E-state index in [0.29, 0.717) is 13.0 Å². The molecule has 0 heterocycles. The summed E-state index contributed by atoms with van der Waals surface area (Å²) in [6.07, 6.45) is 34.1. The van der Waals surface area contributed by atoms with Crippen LogP contribution in [0.25, 0.3) is 0 Å². The lowest BCUT2D eigenvalue weighted by molar-refractivity contribution is -0.153. The number of rotatable bonds is 29. The summed E-state index contributed by atoms with van der Waals surface area (Å²) >= 11 is 0. The van der Waals surface area contributed by atoms with E-state index >= 15 is 0 Å². The van der Waals surface area contributed by atoms with E-state index in [4.69, 9.17) is 24.3 Å². The fraction of sp³-hybridized carbons (Fsp3) is 0.667. The molecule has 0 fully saturated rings. The zero-order chi connectivity index (χ0) is 31.0. The molecule has 242 valence electrons. The van der Waals surface area contributed by atoms with Crippen LogP contribution in [0.1, 0.15) is 104 Å². The maximum atomic E-state index is 12.4. The highest BCUT2D eigenvalue weighted by Gasteiger charge is 2.25. The van der Waals surface area contributed by atoms with E-state index in [0.717, 1.165) is 38.5 Å². The van der Waals surface area contributed by atoms with E-state index in [2.05, 4.69) is 56.4 Å². The number of hydrogen-bond acceptors (Lipinski definition) is 7. The lowest BCUT2D eigenvalue weighted by Crippen LogP contribution is -2.28. The third-order valence-electron chi connectivity index (χ3n) is 5.98. The van der Waals surface area contributed by atoms with Gasteiger partial charge in [0, 0.05) is 13.2 Å². The Morgan fingerprint density at radius 2 is 1.24 bits per heavy atom. The molecule has 0 radical (unpaired) electrons. The van der Waals surface area contributed by atoms with Gasteiger partial charge in [-0.1, -0.05) is 120 Å². The van der Waals surface area contributed by atoms with Gasteiger partial charge in [0.15, 0.2) is 0 Å². The van der Waals surface area contributed by atoms with Crippen molar-refractivity contribution in [1.29, 1.82) is 0 Å². The highest BCUT2D eigenvalue weighted by molar-refractivity contribution is 7.47. The second-order valence-electron chi connectivity index (χ2n) is 9.96. The molecule has 8 nitrogen and oxygen atoms in total. The Hall–Kier alpha value is -1.80. The van der Waals surface area contributed by atoms with Crippen molar-refractivity contribution < 1.29 is 32.8 Å². The Morgan fingerprint density at radius 3 is 1.79 bits per heavy atom. The maximum Gasteiger partial charge on any atom is 0.472 e. The second-order valence-corrected chi connectivity index (χ2v) is 11.4. The van der Waals surface area contributed by atoms with Crippen LogP contribution in [0.4, 0.5) is 0 Å². The van der Waals surface area contributed by atoms with Gasteiger partial charge in [-0.2, -0.15) is 0 Å². The summed E-state index contributed by atoms with van der Waals surface area (Å²) in [6.45, 7) is 4.60. The van der Waals surface area contributed by atoms with Crippen molar-refractivity contribution in [2.24, 2.45) is 5.73 Å². The molecule has 0 aromatic heterocycles. The lowest BCUT2D eigenvalue weighted by Gasteiger charge is -2.19. The van der Waals surface area contributed by atoms with E-state index in [1.165, 1.54) is 38.5 Å². The summed E-state index contributed by atoms with van der Waals surface area (Å²) in [5, 5.41) is 0. The van der Waals surface area contributed by atoms with Crippen molar-refractivity contribution in [3.63, 3.8) is 0 Å². The molecule has 0 aromatic carbocycles. The van der Waals surface area contributed by atoms with E-state index in [1.54, 1.807) is 6.08 Å². The third kappa shape index (κ3) is 29.7. The molecule has 9 heteroatoms. The van der Waals surface area contributed by atoms with Crippen LogP contribution in [-0.2, 0) is 27.9 Å². The molecule has 0 rings (SSSR count). The Bertz CT molecular complexity index is 823. The van der Waals surface area contributed by atoms with E-state index in [9.17, 15) is 14.3 Å². The second kappa shape index (κ2) is 30.7. The van der Waals surface area contributed by atoms with E-state index in [-0.39, 0.29) is 32.8 Å². The normalized spacial score (nSPS) is 14.7. The molecule has 0 saturated heterocycles.